The number of nitriles is 1. The Bertz CT molecular complexity index is 1350. The van der Waals surface area contributed by atoms with Gasteiger partial charge in [0.2, 0.25) is 11.8 Å². The molecule has 0 bridgehead atoms. The number of aromatic nitrogens is 3. The summed E-state index contributed by atoms with van der Waals surface area (Å²) in [6, 6.07) is 14.1. The highest BCUT2D eigenvalue weighted by atomic mass is 16.5. The van der Waals surface area contributed by atoms with Crippen LogP contribution in [0.25, 0.3) is 11.3 Å². The first-order chi connectivity index (χ1) is 19.2. The lowest BCUT2D eigenvalue weighted by Crippen LogP contribution is -2.56. The highest BCUT2D eigenvalue weighted by Gasteiger charge is 2.29. The molecular formula is C28H32N8O3. The van der Waals surface area contributed by atoms with Crippen LogP contribution in [0.1, 0.15) is 5.56 Å². The molecule has 0 spiro atoms. The number of hydrogen-bond acceptors (Lipinski definition) is 11. The fourth-order valence-electron chi connectivity index (χ4n) is 4.93. The van der Waals surface area contributed by atoms with Crippen molar-refractivity contribution in [1.82, 2.24) is 25.2 Å². The molecule has 11 nitrogen and oxygen atoms in total. The van der Waals surface area contributed by atoms with Crippen LogP contribution in [0.5, 0.6) is 11.6 Å². The molecule has 0 atom stereocenters. The van der Waals surface area contributed by atoms with Crippen LogP contribution in [0, 0.1) is 17.2 Å². The zero-order valence-corrected chi connectivity index (χ0v) is 22.0. The van der Waals surface area contributed by atoms with E-state index in [4.69, 9.17) is 14.2 Å². The zero-order valence-electron chi connectivity index (χ0n) is 22.0. The molecule has 39 heavy (non-hydrogen) atoms. The van der Waals surface area contributed by atoms with E-state index >= 15 is 0 Å². The largest absolute Gasteiger partial charge is 0.492 e. The molecule has 3 aromatic rings. The van der Waals surface area contributed by atoms with E-state index in [1.807, 2.05) is 30.3 Å². The van der Waals surface area contributed by atoms with Crippen molar-refractivity contribution in [3.05, 3.63) is 48.2 Å². The lowest BCUT2D eigenvalue weighted by atomic mass is 10.0. The van der Waals surface area contributed by atoms with Gasteiger partial charge in [0.15, 0.2) is 0 Å². The minimum absolute atomic E-state index is 0.405. The Balaban J connectivity index is 1.13. The van der Waals surface area contributed by atoms with E-state index in [0.29, 0.717) is 53.2 Å². The first kappa shape index (κ1) is 25.3. The van der Waals surface area contributed by atoms with E-state index in [-0.39, 0.29) is 0 Å². The number of pyridine rings is 1. The summed E-state index contributed by atoms with van der Waals surface area (Å²) in [7, 11) is 1.64. The highest BCUT2D eigenvalue weighted by molar-refractivity contribution is 5.66. The summed E-state index contributed by atoms with van der Waals surface area (Å²) in [6.45, 7) is 8.01. The number of benzene rings is 1. The Morgan fingerprint density at radius 3 is 2.64 bits per heavy atom. The fraction of sp³-hybridized carbons (Fsp3) is 0.429. The molecule has 0 radical (unpaired) electrons. The summed E-state index contributed by atoms with van der Waals surface area (Å²) in [5, 5.41) is 16.1. The molecule has 1 aromatic carbocycles. The van der Waals surface area contributed by atoms with E-state index in [0.717, 1.165) is 63.7 Å². The van der Waals surface area contributed by atoms with Gasteiger partial charge in [0, 0.05) is 56.9 Å². The van der Waals surface area contributed by atoms with Gasteiger partial charge in [-0.25, -0.2) is 9.97 Å². The Labute approximate surface area is 227 Å². The first-order valence-electron chi connectivity index (χ1n) is 13.3. The van der Waals surface area contributed by atoms with Crippen LogP contribution >= 0.6 is 0 Å². The van der Waals surface area contributed by atoms with Gasteiger partial charge in [-0.1, -0.05) is 0 Å². The fourth-order valence-corrected chi connectivity index (χ4v) is 4.93. The van der Waals surface area contributed by atoms with Crippen LogP contribution in [0.2, 0.25) is 0 Å². The summed E-state index contributed by atoms with van der Waals surface area (Å²) in [4.78, 5) is 18.5. The van der Waals surface area contributed by atoms with Gasteiger partial charge >= 0.3 is 0 Å². The van der Waals surface area contributed by atoms with Crippen molar-refractivity contribution in [1.29, 1.82) is 5.26 Å². The van der Waals surface area contributed by atoms with E-state index in [9.17, 15) is 5.26 Å². The van der Waals surface area contributed by atoms with E-state index in [2.05, 4.69) is 41.5 Å². The first-order valence-corrected chi connectivity index (χ1v) is 13.3. The maximum Gasteiger partial charge on any atom is 0.239 e. The number of rotatable bonds is 9. The van der Waals surface area contributed by atoms with Crippen LogP contribution in [-0.4, -0.2) is 92.1 Å². The van der Waals surface area contributed by atoms with Crippen molar-refractivity contribution in [3.8, 4) is 29.0 Å². The molecule has 0 aliphatic carbocycles. The number of piperazine rings is 1. The van der Waals surface area contributed by atoms with Gasteiger partial charge in [0.1, 0.15) is 23.3 Å². The van der Waals surface area contributed by atoms with Crippen molar-refractivity contribution >= 4 is 17.5 Å². The molecule has 6 rings (SSSR count). The lowest BCUT2D eigenvalue weighted by molar-refractivity contribution is -0.0660. The Morgan fingerprint density at radius 2 is 1.95 bits per heavy atom. The van der Waals surface area contributed by atoms with Crippen LogP contribution in [0.15, 0.2) is 42.6 Å². The van der Waals surface area contributed by atoms with Gasteiger partial charge in [-0.05, 0) is 36.4 Å². The second-order valence-corrected chi connectivity index (χ2v) is 9.99. The molecule has 3 saturated heterocycles. The van der Waals surface area contributed by atoms with Crippen molar-refractivity contribution in [3.63, 3.8) is 0 Å². The van der Waals surface area contributed by atoms with Gasteiger partial charge in [-0.2, -0.15) is 10.2 Å². The normalized spacial score (nSPS) is 18.1. The zero-order chi connectivity index (χ0) is 26.6. The number of anilines is 3. The Morgan fingerprint density at radius 1 is 1.10 bits per heavy atom. The van der Waals surface area contributed by atoms with Gasteiger partial charge in [0.05, 0.1) is 44.2 Å². The number of nitrogens with zero attached hydrogens (tertiary/aromatic N) is 6. The van der Waals surface area contributed by atoms with Crippen LogP contribution in [-0.2, 0) is 4.74 Å². The molecule has 202 valence electrons. The van der Waals surface area contributed by atoms with Crippen molar-refractivity contribution in [2.75, 3.05) is 76.4 Å². The number of hydrogen-bond donors (Lipinski definition) is 2. The van der Waals surface area contributed by atoms with Gasteiger partial charge in [0.25, 0.3) is 0 Å². The molecule has 0 amide bonds. The number of methoxy groups -OCH3 is 1. The number of ether oxygens (including phenoxy) is 3. The monoisotopic (exact) mass is 528 g/mol. The van der Waals surface area contributed by atoms with E-state index in [1.54, 1.807) is 19.4 Å². The van der Waals surface area contributed by atoms with Crippen molar-refractivity contribution in [2.24, 2.45) is 5.92 Å². The van der Waals surface area contributed by atoms with Crippen molar-refractivity contribution in [2.45, 2.75) is 6.04 Å². The van der Waals surface area contributed by atoms with Crippen LogP contribution < -0.4 is 25.0 Å². The minimum Gasteiger partial charge on any atom is -0.492 e. The second-order valence-electron chi connectivity index (χ2n) is 9.99. The standard InChI is InChI=1S/C28H32N8O3/c1-37-27-24(36-10-8-35(9-11-36)22-17-38-18-22)3-5-26(33-27)34-28-31-7-6-23(32-28)20-2-4-25(21(12-20)13-29)39-16-19-14-30-15-19/h2-7,12,19,22,30H,8-11,14-18H2,1H3,(H,31,32,33,34). The summed E-state index contributed by atoms with van der Waals surface area (Å²) in [5.74, 6) is 2.64. The van der Waals surface area contributed by atoms with E-state index < -0.39 is 0 Å². The third-order valence-electron chi connectivity index (χ3n) is 7.46. The smallest absolute Gasteiger partial charge is 0.239 e. The molecule has 11 heteroatoms. The van der Waals surface area contributed by atoms with Crippen molar-refractivity contribution < 1.29 is 14.2 Å². The molecule has 0 saturated carbocycles. The quantitative estimate of drug-likeness (QED) is 0.425. The minimum atomic E-state index is 0.405. The predicted molar refractivity (Wildman–Crippen MR) is 147 cm³/mol. The third-order valence-corrected chi connectivity index (χ3v) is 7.46. The molecule has 3 aliphatic heterocycles. The summed E-state index contributed by atoms with van der Waals surface area (Å²) in [6.07, 6.45) is 1.68. The SMILES string of the molecule is COc1nc(Nc2nccc(-c3ccc(OCC4CNC4)c(C#N)c3)n2)ccc1N1CCN(C2COC2)CC1. The topological polar surface area (TPSA) is 121 Å². The molecule has 2 aromatic heterocycles. The predicted octanol–water partition coefficient (Wildman–Crippen LogP) is 2.28. The number of nitrogens with one attached hydrogen (secondary N) is 2. The summed E-state index contributed by atoms with van der Waals surface area (Å²) < 4.78 is 16.9. The Hall–Kier alpha value is -3.98. The van der Waals surface area contributed by atoms with Crippen LogP contribution in [0.3, 0.4) is 0 Å². The summed E-state index contributed by atoms with van der Waals surface area (Å²) >= 11 is 0. The maximum atomic E-state index is 9.67. The third kappa shape index (κ3) is 5.59. The molecule has 3 fully saturated rings. The maximum absolute atomic E-state index is 9.67. The molecule has 3 aliphatic rings. The van der Waals surface area contributed by atoms with Gasteiger partial charge in [-0.3, -0.25) is 4.90 Å². The second kappa shape index (κ2) is 11.4. The van der Waals surface area contributed by atoms with E-state index in [1.165, 1.54) is 0 Å². The average Bonchev–Trinajstić information content (AvgIpc) is 2.92. The molecule has 0 unspecified atom stereocenters. The molecule has 2 N–H and O–H groups in total. The average molecular weight is 529 g/mol. The molecular weight excluding hydrogens is 496 g/mol. The van der Waals surface area contributed by atoms with Gasteiger partial charge in [-0.15, -0.1) is 0 Å². The molecule has 5 heterocycles. The van der Waals surface area contributed by atoms with Gasteiger partial charge < -0.3 is 29.7 Å². The van der Waals surface area contributed by atoms with Crippen LogP contribution in [0.4, 0.5) is 17.5 Å². The lowest BCUT2D eigenvalue weighted by Gasteiger charge is -2.43. The highest BCUT2D eigenvalue weighted by Crippen LogP contribution is 2.31. The Kier molecular flexibility index (Phi) is 7.40. The summed E-state index contributed by atoms with van der Waals surface area (Å²) in [5.41, 5.74) is 2.96.